The Bertz CT molecular complexity index is 199. The van der Waals surface area contributed by atoms with Crippen LogP contribution in [0, 0.1) is 0 Å². The van der Waals surface area contributed by atoms with E-state index in [2.05, 4.69) is 12.2 Å². The van der Waals surface area contributed by atoms with Gasteiger partial charge in [-0.05, 0) is 6.92 Å². The van der Waals surface area contributed by atoms with Gasteiger partial charge < -0.3 is 19.7 Å². The van der Waals surface area contributed by atoms with E-state index < -0.39 is 0 Å². The molecule has 1 unspecified atom stereocenters. The molecule has 1 aliphatic heterocycles. The fourth-order valence-corrected chi connectivity index (χ4v) is 1.55. The maximum Gasteiger partial charge on any atom is 0.248 e. The van der Waals surface area contributed by atoms with Crippen molar-refractivity contribution >= 4 is 5.91 Å². The highest BCUT2D eigenvalue weighted by atomic mass is 16.5. The number of ether oxygens (including phenoxy) is 2. The van der Waals surface area contributed by atoms with E-state index in [0.717, 1.165) is 19.6 Å². The normalized spacial score (nSPS) is 21.7. The molecule has 1 atom stereocenters. The summed E-state index contributed by atoms with van der Waals surface area (Å²) in [6.07, 6.45) is 0. The van der Waals surface area contributed by atoms with E-state index in [4.69, 9.17) is 9.47 Å². The number of methoxy groups -OCH3 is 1. The van der Waals surface area contributed by atoms with Gasteiger partial charge in [-0.2, -0.15) is 0 Å². The maximum atomic E-state index is 11.6. The lowest BCUT2D eigenvalue weighted by atomic mass is 10.2. The standard InChI is InChI=1S/C10H20N2O3/c1-9-7-12(4-3-11-9)10(13)8-15-6-5-14-2/h9,11H,3-8H2,1-2H3. The van der Waals surface area contributed by atoms with Gasteiger partial charge in [-0.3, -0.25) is 4.79 Å². The van der Waals surface area contributed by atoms with Crippen molar-refractivity contribution in [3.8, 4) is 0 Å². The van der Waals surface area contributed by atoms with Crippen LogP contribution >= 0.6 is 0 Å². The van der Waals surface area contributed by atoms with Gasteiger partial charge in [0.05, 0.1) is 13.2 Å². The molecule has 0 aromatic rings. The minimum absolute atomic E-state index is 0.0689. The number of carbonyl (C=O) groups excluding carboxylic acids is 1. The lowest BCUT2D eigenvalue weighted by Crippen LogP contribution is -2.52. The van der Waals surface area contributed by atoms with E-state index in [1.165, 1.54) is 0 Å². The molecule has 1 rings (SSSR count). The van der Waals surface area contributed by atoms with E-state index in [1.54, 1.807) is 7.11 Å². The Labute approximate surface area is 90.7 Å². The highest BCUT2D eigenvalue weighted by Gasteiger charge is 2.19. The molecule has 1 fully saturated rings. The molecule has 5 heteroatoms. The minimum Gasteiger partial charge on any atom is -0.382 e. The molecule has 15 heavy (non-hydrogen) atoms. The average Bonchev–Trinajstić information content (AvgIpc) is 2.24. The van der Waals surface area contributed by atoms with E-state index >= 15 is 0 Å². The van der Waals surface area contributed by atoms with Gasteiger partial charge in [-0.1, -0.05) is 0 Å². The van der Waals surface area contributed by atoms with Crippen LogP contribution in [0.15, 0.2) is 0 Å². The third kappa shape index (κ3) is 4.59. The molecule has 1 saturated heterocycles. The number of rotatable bonds is 5. The first-order valence-corrected chi connectivity index (χ1v) is 5.32. The number of piperazine rings is 1. The SMILES string of the molecule is COCCOCC(=O)N1CCNC(C)C1. The quantitative estimate of drug-likeness (QED) is 0.628. The zero-order chi connectivity index (χ0) is 11.1. The molecule has 0 spiro atoms. The van der Waals surface area contributed by atoms with Crippen LogP contribution in [0.5, 0.6) is 0 Å². The van der Waals surface area contributed by atoms with Crippen LogP contribution in [0.2, 0.25) is 0 Å². The van der Waals surface area contributed by atoms with Crippen molar-refractivity contribution in [1.29, 1.82) is 0 Å². The number of amides is 1. The number of hydrogen-bond acceptors (Lipinski definition) is 4. The summed E-state index contributed by atoms with van der Waals surface area (Å²) in [5.74, 6) is 0.0689. The van der Waals surface area contributed by atoms with Crippen LogP contribution in [0.3, 0.4) is 0 Å². The lowest BCUT2D eigenvalue weighted by molar-refractivity contribution is -0.137. The van der Waals surface area contributed by atoms with Gasteiger partial charge in [0.1, 0.15) is 6.61 Å². The van der Waals surface area contributed by atoms with Crippen LogP contribution < -0.4 is 5.32 Å². The fraction of sp³-hybridized carbons (Fsp3) is 0.900. The summed E-state index contributed by atoms with van der Waals surface area (Å²) in [4.78, 5) is 13.5. The van der Waals surface area contributed by atoms with Crippen LogP contribution in [0.4, 0.5) is 0 Å². The molecular formula is C10H20N2O3. The second-order valence-electron chi connectivity index (χ2n) is 3.74. The van der Waals surface area contributed by atoms with Crippen molar-refractivity contribution < 1.29 is 14.3 Å². The first-order valence-electron chi connectivity index (χ1n) is 5.32. The predicted molar refractivity (Wildman–Crippen MR) is 56.7 cm³/mol. The first-order chi connectivity index (χ1) is 7.24. The Morgan fingerprint density at radius 3 is 3.00 bits per heavy atom. The van der Waals surface area contributed by atoms with Gasteiger partial charge in [0, 0.05) is 32.8 Å². The summed E-state index contributed by atoms with van der Waals surface area (Å²) in [5.41, 5.74) is 0. The van der Waals surface area contributed by atoms with Crippen LogP contribution in [-0.4, -0.2) is 63.4 Å². The van der Waals surface area contributed by atoms with Crippen molar-refractivity contribution in [1.82, 2.24) is 10.2 Å². The van der Waals surface area contributed by atoms with E-state index in [-0.39, 0.29) is 12.5 Å². The molecule has 0 aromatic heterocycles. The predicted octanol–water partition coefficient (Wildman–Crippen LogP) is -0.530. The van der Waals surface area contributed by atoms with Crippen LogP contribution in [0.25, 0.3) is 0 Å². The number of hydrogen-bond donors (Lipinski definition) is 1. The molecule has 0 saturated carbocycles. The lowest BCUT2D eigenvalue weighted by Gasteiger charge is -2.31. The molecule has 1 amide bonds. The van der Waals surface area contributed by atoms with Gasteiger partial charge in [0.25, 0.3) is 0 Å². The van der Waals surface area contributed by atoms with Gasteiger partial charge >= 0.3 is 0 Å². The summed E-state index contributed by atoms with van der Waals surface area (Å²) in [6.45, 7) is 5.66. The average molecular weight is 216 g/mol. The number of nitrogens with one attached hydrogen (secondary N) is 1. The third-order valence-corrected chi connectivity index (χ3v) is 2.38. The van der Waals surface area contributed by atoms with Crippen LogP contribution in [-0.2, 0) is 14.3 Å². The highest BCUT2D eigenvalue weighted by molar-refractivity contribution is 5.77. The zero-order valence-electron chi connectivity index (χ0n) is 9.49. The van der Waals surface area contributed by atoms with Gasteiger partial charge in [0.2, 0.25) is 5.91 Å². The molecule has 88 valence electrons. The van der Waals surface area contributed by atoms with Crippen LogP contribution in [0.1, 0.15) is 6.92 Å². The van der Waals surface area contributed by atoms with E-state index in [1.807, 2.05) is 4.90 Å². The van der Waals surface area contributed by atoms with Crippen molar-refractivity contribution in [2.24, 2.45) is 0 Å². The van der Waals surface area contributed by atoms with Gasteiger partial charge in [-0.15, -0.1) is 0 Å². The second-order valence-corrected chi connectivity index (χ2v) is 3.74. The van der Waals surface area contributed by atoms with E-state index in [0.29, 0.717) is 19.3 Å². The summed E-state index contributed by atoms with van der Waals surface area (Å²) < 4.78 is 10.0. The molecule has 5 nitrogen and oxygen atoms in total. The molecular weight excluding hydrogens is 196 g/mol. The molecule has 1 aliphatic rings. The smallest absolute Gasteiger partial charge is 0.248 e. The Balaban J connectivity index is 2.15. The third-order valence-electron chi connectivity index (χ3n) is 2.38. The molecule has 0 aromatic carbocycles. The highest BCUT2D eigenvalue weighted by Crippen LogP contribution is 1.99. The summed E-state index contributed by atoms with van der Waals surface area (Å²) in [7, 11) is 1.61. The molecule has 1 heterocycles. The molecule has 0 aliphatic carbocycles. The second kappa shape index (κ2) is 6.76. The Morgan fingerprint density at radius 1 is 1.53 bits per heavy atom. The minimum atomic E-state index is 0.0689. The molecule has 0 radical (unpaired) electrons. The Kier molecular flexibility index (Phi) is 5.60. The summed E-state index contributed by atoms with van der Waals surface area (Å²) in [6, 6.07) is 0.377. The Morgan fingerprint density at radius 2 is 2.33 bits per heavy atom. The Hall–Kier alpha value is -0.650. The largest absolute Gasteiger partial charge is 0.382 e. The van der Waals surface area contributed by atoms with E-state index in [9.17, 15) is 4.79 Å². The number of carbonyl (C=O) groups is 1. The summed E-state index contributed by atoms with van der Waals surface area (Å²) >= 11 is 0. The topological polar surface area (TPSA) is 50.8 Å². The van der Waals surface area contributed by atoms with Crippen molar-refractivity contribution in [2.75, 3.05) is 46.6 Å². The molecule has 1 N–H and O–H groups in total. The van der Waals surface area contributed by atoms with Gasteiger partial charge in [-0.25, -0.2) is 0 Å². The monoisotopic (exact) mass is 216 g/mol. The first kappa shape index (κ1) is 12.4. The molecule has 0 bridgehead atoms. The summed E-state index contributed by atoms with van der Waals surface area (Å²) in [5, 5.41) is 3.29. The van der Waals surface area contributed by atoms with Crippen molar-refractivity contribution in [3.05, 3.63) is 0 Å². The van der Waals surface area contributed by atoms with Crippen molar-refractivity contribution in [3.63, 3.8) is 0 Å². The van der Waals surface area contributed by atoms with Gasteiger partial charge in [0.15, 0.2) is 0 Å². The maximum absolute atomic E-state index is 11.6. The number of nitrogens with zero attached hydrogens (tertiary/aromatic N) is 1. The fourth-order valence-electron chi connectivity index (χ4n) is 1.55. The van der Waals surface area contributed by atoms with Crippen molar-refractivity contribution in [2.45, 2.75) is 13.0 Å². The zero-order valence-corrected chi connectivity index (χ0v) is 9.49.